The van der Waals surface area contributed by atoms with Gasteiger partial charge < -0.3 is 4.90 Å². The second-order valence-electron chi connectivity index (χ2n) is 7.49. The average Bonchev–Trinajstić information content (AvgIpc) is 2.64. The van der Waals surface area contributed by atoms with Gasteiger partial charge in [-0.2, -0.15) is 0 Å². The molecular formula is C20H25N3O2. The first kappa shape index (κ1) is 16.3. The van der Waals surface area contributed by atoms with E-state index in [1.165, 1.54) is 36.6 Å². The lowest BCUT2D eigenvalue weighted by Crippen LogP contribution is -2.51. The number of likely N-dealkylation sites (tertiary alicyclic amines) is 1. The maximum atomic E-state index is 12.9. The van der Waals surface area contributed by atoms with Gasteiger partial charge in [-0.1, -0.05) is 25.0 Å². The van der Waals surface area contributed by atoms with Crippen LogP contribution in [0.15, 0.2) is 29.3 Å². The van der Waals surface area contributed by atoms with Gasteiger partial charge in [0.2, 0.25) is 5.91 Å². The van der Waals surface area contributed by atoms with Crippen molar-refractivity contribution in [1.29, 1.82) is 0 Å². The van der Waals surface area contributed by atoms with Crippen molar-refractivity contribution in [3.8, 4) is 0 Å². The molecule has 5 nitrogen and oxygen atoms in total. The molecule has 0 radical (unpaired) electrons. The first-order chi connectivity index (χ1) is 12.1. The maximum absolute atomic E-state index is 12.9. The number of piperidine rings is 1. The van der Waals surface area contributed by atoms with Gasteiger partial charge in [0.25, 0.3) is 5.56 Å². The summed E-state index contributed by atoms with van der Waals surface area (Å²) in [4.78, 5) is 32.1. The number of rotatable bonds is 2. The lowest BCUT2D eigenvalue weighted by molar-refractivity contribution is -0.138. The highest BCUT2D eigenvalue weighted by Crippen LogP contribution is 2.35. The molecule has 1 aliphatic carbocycles. The number of para-hydroxylation sites is 1. The van der Waals surface area contributed by atoms with Gasteiger partial charge in [-0.05, 0) is 50.2 Å². The van der Waals surface area contributed by atoms with Gasteiger partial charge in [0.15, 0.2) is 0 Å². The zero-order valence-corrected chi connectivity index (χ0v) is 14.8. The molecule has 1 aromatic carbocycles. The molecule has 0 N–H and O–H groups in total. The largest absolute Gasteiger partial charge is 0.338 e. The van der Waals surface area contributed by atoms with Crippen LogP contribution in [0.2, 0.25) is 0 Å². The number of fused-ring (bicyclic) bond motifs is 2. The standard InChI is InChI=1S/C20H25N3O2/c1-14-6-4-9-16-19(14)21-13-22(20(16)25)12-18(24)23-11-5-8-15-7-2-3-10-17(15)23/h4,6,9,13,15,17H,2-3,5,7-8,10-12H2,1H3. The molecule has 2 atom stereocenters. The van der Waals surface area contributed by atoms with Crippen LogP contribution in [0.1, 0.15) is 44.1 Å². The van der Waals surface area contributed by atoms with E-state index in [0.717, 1.165) is 30.5 Å². The molecule has 1 saturated heterocycles. The van der Waals surface area contributed by atoms with Crippen LogP contribution in [-0.2, 0) is 11.3 Å². The van der Waals surface area contributed by atoms with Crippen molar-refractivity contribution in [3.63, 3.8) is 0 Å². The number of carbonyl (C=O) groups is 1. The SMILES string of the molecule is Cc1cccc2c(=O)n(CC(=O)N3CCCC4CCCCC43)cnc12. The van der Waals surface area contributed by atoms with Crippen LogP contribution in [-0.4, -0.2) is 32.9 Å². The maximum Gasteiger partial charge on any atom is 0.261 e. The van der Waals surface area contributed by atoms with Gasteiger partial charge in [0.05, 0.1) is 17.2 Å². The molecule has 25 heavy (non-hydrogen) atoms. The molecule has 0 bridgehead atoms. The minimum atomic E-state index is -0.126. The summed E-state index contributed by atoms with van der Waals surface area (Å²) in [7, 11) is 0. The number of benzene rings is 1. The number of amides is 1. The third-order valence-corrected chi connectivity index (χ3v) is 5.92. The molecule has 1 aliphatic heterocycles. The molecular weight excluding hydrogens is 314 g/mol. The zero-order valence-electron chi connectivity index (χ0n) is 14.8. The smallest absolute Gasteiger partial charge is 0.261 e. The predicted molar refractivity (Wildman–Crippen MR) is 97.4 cm³/mol. The van der Waals surface area contributed by atoms with Crippen molar-refractivity contribution in [3.05, 3.63) is 40.4 Å². The molecule has 1 saturated carbocycles. The third kappa shape index (κ3) is 2.96. The Morgan fingerprint density at radius 3 is 2.88 bits per heavy atom. The van der Waals surface area contributed by atoms with E-state index in [9.17, 15) is 9.59 Å². The Bertz CT molecular complexity index is 856. The van der Waals surface area contributed by atoms with Crippen molar-refractivity contribution >= 4 is 16.8 Å². The molecule has 1 aromatic heterocycles. The number of aryl methyl sites for hydroxylation is 1. The first-order valence-electron chi connectivity index (χ1n) is 9.39. The molecule has 2 aliphatic rings. The van der Waals surface area contributed by atoms with Crippen LogP contribution >= 0.6 is 0 Å². The van der Waals surface area contributed by atoms with Gasteiger partial charge in [-0.15, -0.1) is 0 Å². The van der Waals surface area contributed by atoms with Gasteiger partial charge >= 0.3 is 0 Å². The van der Waals surface area contributed by atoms with Crippen LogP contribution in [0.3, 0.4) is 0 Å². The lowest BCUT2D eigenvalue weighted by atomic mass is 9.78. The van der Waals surface area contributed by atoms with Crippen molar-refractivity contribution in [2.75, 3.05) is 6.54 Å². The molecule has 2 unspecified atom stereocenters. The number of hydrogen-bond acceptors (Lipinski definition) is 3. The molecule has 2 heterocycles. The van der Waals surface area contributed by atoms with Crippen molar-refractivity contribution in [2.24, 2.45) is 5.92 Å². The van der Waals surface area contributed by atoms with Gasteiger partial charge in [0, 0.05) is 12.6 Å². The first-order valence-corrected chi connectivity index (χ1v) is 9.39. The number of nitrogens with zero attached hydrogens (tertiary/aromatic N) is 3. The summed E-state index contributed by atoms with van der Waals surface area (Å²) < 4.78 is 1.47. The van der Waals surface area contributed by atoms with E-state index in [2.05, 4.69) is 4.98 Å². The Balaban J connectivity index is 1.59. The second-order valence-corrected chi connectivity index (χ2v) is 7.49. The van der Waals surface area contributed by atoms with E-state index in [0.29, 0.717) is 17.3 Å². The highest BCUT2D eigenvalue weighted by atomic mass is 16.2. The Kier molecular flexibility index (Phi) is 4.32. The Morgan fingerprint density at radius 2 is 2.00 bits per heavy atom. The van der Waals surface area contributed by atoms with Crippen LogP contribution in [0, 0.1) is 12.8 Å². The Morgan fingerprint density at radius 1 is 1.20 bits per heavy atom. The molecule has 4 rings (SSSR count). The van der Waals surface area contributed by atoms with E-state index in [4.69, 9.17) is 0 Å². The fourth-order valence-electron chi connectivity index (χ4n) is 4.62. The van der Waals surface area contributed by atoms with Gasteiger partial charge in [-0.3, -0.25) is 14.2 Å². The minimum Gasteiger partial charge on any atom is -0.338 e. The van der Waals surface area contributed by atoms with E-state index >= 15 is 0 Å². The van der Waals surface area contributed by atoms with Crippen molar-refractivity contribution in [1.82, 2.24) is 14.5 Å². The Hall–Kier alpha value is -2.17. The van der Waals surface area contributed by atoms with Crippen molar-refractivity contribution < 1.29 is 4.79 Å². The third-order valence-electron chi connectivity index (χ3n) is 5.92. The van der Waals surface area contributed by atoms with E-state index in [1.807, 2.05) is 24.0 Å². The number of carbonyl (C=O) groups excluding carboxylic acids is 1. The van der Waals surface area contributed by atoms with E-state index in [-0.39, 0.29) is 18.0 Å². The number of aromatic nitrogens is 2. The summed E-state index contributed by atoms with van der Waals surface area (Å²) in [6.45, 7) is 2.87. The fraction of sp³-hybridized carbons (Fsp3) is 0.550. The van der Waals surface area contributed by atoms with Crippen LogP contribution in [0.5, 0.6) is 0 Å². The monoisotopic (exact) mass is 339 g/mol. The fourth-order valence-corrected chi connectivity index (χ4v) is 4.62. The van der Waals surface area contributed by atoms with Gasteiger partial charge in [-0.25, -0.2) is 4.98 Å². The topological polar surface area (TPSA) is 55.2 Å². The molecule has 5 heteroatoms. The number of hydrogen-bond donors (Lipinski definition) is 0. The summed E-state index contributed by atoms with van der Waals surface area (Å²) in [5, 5.41) is 0.587. The average molecular weight is 339 g/mol. The lowest BCUT2D eigenvalue weighted by Gasteiger charge is -2.44. The molecule has 132 valence electrons. The highest BCUT2D eigenvalue weighted by Gasteiger charge is 2.35. The second kappa shape index (κ2) is 6.62. The van der Waals surface area contributed by atoms with E-state index < -0.39 is 0 Å². The van der Waals surface area contributed by atoms with Crippen LogP contribution in [0.25, 0.3) is 10.9 Å². The molecule has 1 amide bonds. The van der Waals surface area contributed by atoms with Crippen molar-refractivity contribution in [2.45, 2.75) is 58.0 Å². The summed E-state index contributed by atoms with van der Waals surface area (Å²) in [6.07, 6.45) is 8.70. The Labute approximate surface area is 147 Å². The summed E-state index contributed by atoms with van der Waals surface area (Å²) in [6, 6.07) is 5.98. The summed E-state index contributed by atoms with van der Waals surface area (Å²) in [5.41, 5.74) is 1.58. The molecule has 2 fully saturated rings. The summed E-state index contributed by atoms with van der Waals surface area (Å²) in [5.74, 6) is 0.716. The normalized spacial score (nSPS) is 23.5. The molecule has 2 aromatic rings. The molecule has 0 spiro atoms. The quantitative estimate of drug-likeness (QED) is 0.845. The van der Waals surface area contributed by atoms with Gasteiger partial charge in [0.1, 0.15) is 6.54 Å². The summed E-state index contributed by atoms with van der Waals surface area (Å²) >= 11 is 0. The van der Waals surface area contributed by atoms with Crippen LogP contribution < -0.4 is 5.56 Å². The predicted octanol–water partition coefficient (Wildman–Crippen LogP) is 2.89. The zero-order chi connectivity index (χ0) is 17.4. The minimum absolute atomic E-state index is 0.0625. The van der Waals surface area contributed by atoms with Crippen LogP contribution in [0.4, 0.5) is 0 Å². The highest BCUT2D eigenvalue weighted by molar-refractivity contribution is 5.81. The van der Waals surface area contributed by atoms with E-state index in [1.54, 1.807) is 6.07 Å².